The van der Waals surface area contributed by atoms with Crippen molar-refractivity contribution in [1.29, 1.82) is 5.26 Å². The summed E-state index contributed by atoms with van der Waals surface area (Å²) in [6.45, 7) is 6.59. The van der Waals surface area contributed by atoms with Gasteiger partial charge < -0.3 is 10.1 Å². The second-order valence-corrected chi connectivity index (χ2v) is 4.81. The lowest BCUT2D eigenvalue weighted by molar-refractivity contribution is -0.142. The average Bonchev–Trinajstić information content (AvgIpc) is 2.55. The summed E-state index contributed by atoms with van der Waals surface area (Å²) < 4.78 is 4.82. The third-order valence-electron chi connectivity index (χ3n) is 2.42. The molecule has 1 aromatic rings. The van der Waals surface area contributed by atoms with Gasteiger partial charge in [-0.15, -0.1) is 11.3 Å². The maximum atomic E-state index is 11.1. The molecule has 1 N–H and O–H groups in total. The Morgan fingerprint density at radius 1 is 1.53 bits per heavy atom. The van der Waals surface area contributed by atoms with Gasteiger partial charge in [0.25, 0.3) is 0 Å². The summed E-state index contributed by atoms with van der Waals surface area (Å²) in [5.41, 5.74) is 1.69. The Labute approximate surface area is 105 Å². The highest BCUT2D eigenvalue weighted by molar-refractivity contribution is 7.16. The summed E-state index contributed by atoms with van der Waals surface area (Å²) in [5.74, 6) is -0.219. The van der Waals surface area contributed by atoms with E-state index in [1.165, 1.54) is 0 Å². The van der Waals surface area contributed by atoms with Crippen molar-refractivity contribution < 1.29 is 9.53 Å². The number of anilines is 1. The molecule has 0 amide bonds. The van der Waals surface area contributed by atoms with E-state index in [-0.39, 0.29) is 5.97 Å². The van der Waals surface area contributed by atoms with E-state index in [1.807, 2.05) is 13.8 Å². The standard InChI is InChI=1S/C12H16N2O2S/c1-4-16-11(15)5-6-14-12-10(7-13)8(2)9(3)17-12/h14H,4-6H2,1-3H3. The number of hydrogen-bond acceptors (Lipinski definition) is 5. The van der Waals surface area contributed by atoms with Gasteiger partial charge in [0, 0.05) is 11.4 Å². The summed E-state index contributed by atoms with van der Waals surface area (Å²) in [4.78, 5) is 12.3. The molecule has 1 heterocycles. The van der Waals surface area contributed by atoms with Crippen LogP contribution < -0.4 is 5.32 Å². The fraction of sp³-hybridized carbons (Fsp3) is 0.500. The minimum Gasteiger partial charge on any atom is -0.466 e. The molecule has 1 aromatic heterocycles. The van der Waals surface area contributed by atoms with E-state index < -0.39 is 0 Å². The topological polar surface area (TPSA) is 62.1 Å². The van der Waals surface area contributed by atoms with E-state index in [4.69, 9.17) is 10.00 Å². The molecule has 5 heteroatoms. The van der Waals surface area contributed by atoms with Crippen LogP contribution in [0.4, 0.5) is 5.00 Å². The van der Waals surface area contributed by atoms with Crippen LogP contribution in [0.2, 0.25) is 0 Å². The third kappa shape index (κ3) is 3.46. The van der Waals surface area contributed by atoms with Crippen LogP contribution >= 0.6 is 11.3 Å². The molecule has 0 bridgehead atoms. The van der Waals surface area contributed by atoms with Crippen LogP contribution in [0.5, 0.6) is 0 Å². The van der Waals surface area contributed by atoms with Crippen LogP contribution in [-0.2, 0) is 9.53 Å². The van der Waals surface area contributed by atoms with Gasteiger partial charge in [0.05, 0.1) is 18.6 Å². The molecule has 1 rings (SSSR count). The van der Waals surface area contributed by atoms with Gasteiger partial charge >= 0.3 is 5.97 Å². The normalized spacial score (nSPS) is 9.76. The molecule has 0 aliphatic heterocycles. The number of nitrogens with zero attached hydrogens (tertiary/aromatic N) is 1. The molecule has 4 nitrogen and oxygen atoms in total. The average molecular weight is 252 g/mol. The molecule has 0 saturated heterocycles. The van der Waals surface area contributed by atoms with Crippen LogP contribution in [0.15, 0.2) is 0 Å². The number of aryl methyl sites for hydroxylation is 1. The molecule has 17 heavy (non-hydrogen) atoms. The zero-order valence-electron chi connectivity index (χ0n) is 10.3. The van der Waals surface area contributed by atoms with E-state index in [1.54, 1.807) is 18.3 Å². The lowest BCUT2D eigenvalue weighted by Gasteiger charge is -2.04. The first-order chi connectivity index (χ1) is 8.10. The predicted molar refractivity (Wildman–Crippen MR) is 68.2 cm³/mol. The molecule has 0 spiro atoms. The number of carbonyl (C=O) groups is 1. The number of esters is 1. The molecule has 0 saturated carbocycles. The van der Waals surface area contributed by atoms with Crippen LogP contribution in [0.3, 0.4) is 0 Å². The van der Waals surface area contributed by atoms with E-state index in [2.05, 4.69) is 11.4 Å². The Morgan fingerprint density at radius 2 is 2.24 bits per heavy atom. The summed E-state index contributed by atoms with van der Waals surface area (Å²) >= 11 is 1.54. The van der Waals surface area contributed by atoms with Gasteiger partial charge in [0.2, 0.25) is 0 Å². The molecule has 0 unspecified atom stereocenters. The van der Waals surface area contributed by atoms with Crippen molar-refractivity contribution in [2.45, 2.75) is 27.2 Å². The quantitative estimate of drug-likeness (QED) is 0.818. The Bertz CT molecular complexity index is 446. The number of hydrogen-bond donors (Lipinski definition) is 1. The maximum absolute atomic E-state index is 11.1. The van der Waals surface area contributed by atoms with E-state index in [0.29, 0.717) is 25.1 Å². The molecule has 0 aliphatic carbocycles. The molecule has 0 fully saturated rings. The van der Waals surface area contributed by atoms with Gasteiger partial charge in [0.15, 0.2) is 0 Å². The second kappa shape index (κ2) is 6.26. The monoisotopic (exact) mass is 252 g/mol. The molecule has 92 valence electrons. The van der Waals surface area contributed by atoms with Crippen molar-refractivity contribution >= 4 is 22.3 Å². The van der Waals surface area contributed by atoms with Crippen molar-refractivity contribution in [3.05, 3.63) is 16.0 Å². The number of carbonyl (C=O) groups excluding carboxylic acids is 1. The van der Waals surface area contributed by atoms with Crippen molar-refractivity contribution in [3.8, 4) is 6.07 Å². The number of nitriles is 1. The van der Waals surface area contributed by atoms with Gasteiger partial charge in [-0.2, -0.15) is 5.26 Å². The Kier molecular flexibility index (Phi) is 4.98. The number of nitrogens with one attached hydrogen (secondary N) is 1. The summed E-state index contributed by atoms with van der Waals surface area (Å²) in [5, 5.41) is 13.0. The van der Waals surface area contributed by atoms with Crippen LogP contribution in [0, 0.1) is 25.2 Å². The largest absolute Gasteiger partial charge is 0.466 e. The fourth-order valence-electron chi connectivity index (χ4n) is 1.40. The first-order valence-corrected chi connectivity index (χ1v) is 6.31. The van der Waals surface area contributed by atoms with Gasteiger partial charge in [-0.3, -0.25) is 4.79 Å². The van der Waals surface area contributed by atoms with E-state index in [9.17, 15) is 4.79 Å². The summed E-state index contributed by atoms with van der Waals surface area (Å²) in [6, 6.07) is 2.18. The Hall–Kier alpha value is -1.54. The van der Waals surface area contributed by atoms with Crippen molar-refractivity contribution in [3.63, 3.8) is 0 Å². The molecular formula is C12H16N2O2S. The van der Waals surface area contributed by atoms with Gasteiger partial charge in [-0.05, 0) is 26.3 Å². The lowest BCUT2D eigenvalue weighted by Crippen LogP contribution is -2.11. The first-order valence-electron chi connectivity index (χ1n) is 5.49. The summed E-state index contributed by atoms with van der Waals surface area (Å²) in [7, 11) is 0. The summed E-state index contributed by atoms with van der Waals surface area (Å²) in [6.07, 6.45) is 0.314. The van der Waals surface area contributed by atoms with Crippen molar-refractivity contribution in [2.24, 2.45) is 0 Å². The number of rotatable bonds is 5. The van der Waals surface area contributed by atoms with Crippen molar-refractivity contribution in [2.75, 3.05) is 18.5 Å². The number of ether oxygens (including phenoxy) is 1. The van der Waals surface area contributed by atoms with E-state index >= 15 is 0 Å². The smallest absolute Gasteiger partial charge is 0.307 e. The zero-order chi connectivity index (χ0) is 12.8. The third-order valence-corrected chi connectivity index (χ3v) is 3.58. The van der Waals surface area contributed by atoms with E-state index in [0.717, 1.165) is 15.4 Å². The molecule has 0 aliphatic rings. The van der Waals surface area contributed by atoms with Crippen molar-refractivity contribution in [1.82, 2.24) is 0 Å². The molecule has 0 radical (unpaired) electrons. The van der Waals surface area contributed by atoms with Gasteiger partial charge in [-0.25, -0.2) is 0 Å². The first kappa shape index (κ1) is 13.5. The SMILES string of the molecule is CCOC(=O)CCNc1sc(C)c(C)c1C#N. The maximum Gasteiger partial charge on any atom is 0.307 e. The molecular weight excluding hydrogens is 236 g/mol. The van der Waals surface area contributed by atoms with Gasteiger partial charge in [0.1, 0.15) is 11.1 Å². The minimum atomic E-state index is -0.219. The van der Waals surface area contributed by atoms with Crippen LogP contribution in [0.25, 0.3) is 0 Å². The zero-order valence-corrected chi connectivity index (χ0v) is 11.1. The fourth-order valence-corrected chi connectivity index (χ4v) is 2.43. The lowest BCUT2D eigenvalue weighted by atomic mass is 10.2. The molecule has 0 aromatic carbocycles. The van der Waals surface area contributed by atoms with Gasteiger partial charge in [-0.1, -0.05) is 0 Å². The predicted octanol–water partition coefficient (Wildman–Crippen LogP) is 2.60. The highest BCUT2D eigenvalue weighted by Gasteiger charge is 2.12. The highest BCUT2D eigenvalue weighted by atomic mass is 32.1. The molecule has 0 atom stereocenters. The minimum absolute atomic E-state index is 0.219. The number of thiophene rings is 1. The van der Waals surface area contributed by atoms with Crippen LogP contribution in [0.1, 0.15) is 29.3 Å². The highest BCUT2D eigenvalue weighted by Crippen LogP contribution is 2.31. The second-order valence-electron chi connectivity index (χ2n) is 3.58. The Balaban J connectivity index is 2.56. The Morgan fingerprint density at radius 3 is 2.82 bits per heavy atom. The van der Waals surface area contributed by atoms with Crippen LogP contribution in [-0.4, -0.2) is 19.1 Å².